The highest BCUT2D eigenvalue weighted by molar-refractivity contribution is 7.92. The van der Waals surface area contributed by atoms with Crippen molar-refractivity contribution in [3.8, 4) is 0 Å². The molecule has 0 saturated heterocycles. The fourth-order valence-electron chi connectivity index (χ4n) is 3.35. The third-order valence-electron chi connectivity index (χ3n) is 5.18. The molecule has 3 aromatic carbocycles. The number of amides is 1. The first kappa shape index (κ1) is 23.0. The van der Waals surface area contributed by atoms with E-state index in [1.807, 2.05) is 42.5 Å². The van der Waals surface area contributed by atoms with E-state index in [9.17, 15) is 13.2 Å². The van der Waals surface area contributed by atoms with Crippen molar-refractivity contribution < 1.29 is 13.2 Å². The van der Waals surface area contributed by atoms with Crippen LogP contribution in [0, 0.1) is 0 Å². The fourth-order valence-corrected chi connectivity index (χ4v) is 4.41. The minimum absolute atomic E-state index is 0.0591. The monoisotopic (exact) mass is 472 g/mol. The zero-order valence-corrected chi connectivity index (χ0v) is 19.3. The number of sulfonamides is 1. The Bertz CT molecular complexity index is 1340. The molecule has 1 amide bonds. The van der Waals surface area contributed by atoms with Crippen molar-refractivity contribution in [1.29, 1.82) is 0 Å². The van der Waals surface area contributed by atoms with Gasteiger partial charge in [0.25, 0.3) is 15.9 Å². The van der Waals surface area contributed by atoms with Crippen LogP contribution in [0.4, 0.5) is 17.1 Å². The third kappa shape index (κ3) is 5.79. The maximum Gasteiger partial charge on any atom is 0.261 e. The quantitative estimate of drug-likeness (QED) is 0.323. The van der Waals surface area contributed by atoms with Crippen molar-refractivity contribution in [2.24, 2.45) is 0 Å². The number of rotatable bonds is 8. The molecule has 0 saturated carbocycles. The Hall–Kier alpha value is -4.17. The summed E-state index contributed by atoms with van der Waals surface area (Å²) in [6.07, 6.45) is 3.00. The van der Waals surface area contributed by atoms with Crippen molar-refractivity contribution in [3.05, 3.63) is 115 Å². The molecule has 4 aromatic rings. The van der Waals surface area contributed by atoms with Gasteiger partial charge < -0.3 is 10.6 Å². The minimum atomic E-state index is -3.77. The lowest BCUT2D eigenvalue weighted by molar-refractivity contribution is 0.102. The highest BCUT2D eigenvalue weighted by atomic mass is 32.2. The summed E-state index contributed by atoms with van der Waals surface area (Å²) >= 11 is 0. The summed E-state index contributed by atoms with van der Waals surface area (Å²) in [6, 6.07) is 26.6. The molecule has 1 unspecified atom stereocenters. The van der Waals surface area contributed by atoms with E-state index in [0.717, 1.165) is 5.69 Å². The van der Waals surface area contributed by atoms with Gasteiger partial charge in [-0.15, -0.1) is 0 Å². The minimum Gasteiger partial charge on any atom is -0.379 e. The Labute approximate surface area is 198 Å². The Morgan fingerprint density at radius 1 is 0.765 bits per heavy atom. The van der Waals surface area contributed by atoms with Gasteiger partial charge in [0, 0.05) is 35.4 Å². The molecule has 0 aliphatic carbocycles. The summed E-state index contributed by atoms with van der Waals surface area (Å²) in [5.41, 5.74) is 3.52. The summed E-state index contributed by atoms with van der Waals surface area (Å²) in [7, 11) is -3.77. The van der Waals surface area contributed by atoms with Crippen LogP contribution in [0.2, 0.25) is 0 Å². The first-order valence-electron chi connectivity index (χ1n) is 10.7. The van der Waals surface area contributed by atoms with Gasteiger partial charge in [-0.25, -0.2) is 8.42 Å². The maximum absolute atomic E-state index is 12.6. The van der Waals surface area contributed by atoms with Crippen LogP contribution in [0.5, 0.6) is 0 Å². The molecule has 7 nitrogen and oxygen atoms in total. The number of carbonyl (C=O) groups excluding carboxylic acids is 1. The number of anilines is 3. The van der Waals surface area contributed by atoms with E-state index in [-0.39, 0.29) is 16.8 Å². The third-order valence-corrected chi connectivity index (χ3v) is 6.58. The van der Waals surface area contributed by atoms with E-state index in [1.54, 1.807) is 12.1 Å². The number of benzene rings is 3. The zero-order valence-electron chi connectivity index (χ0n) is 18.5. The number of nitrogens with zero attached hydrogens (tertiary/aromatic N) is 1. The second-order valence-corrected chi connectivity index (χ2v) is 9.36. The summed E-state index contributed by atoms with van der Waals surface area (Å²) in [6.45, 7) is 2.08. The Morgan fingerprint density at radius 2 is 1.38 bits per heavy atom. The van der Waals surface area contributed by atoms with Gasteiger partial charge in [-0.1, -0.05) is 30.3 Å². The molecule has 0 aliphatic rings. The molecule has 0 aliphatic heterocycles. The number of hydrogen-bond donors (Lipinski definition) is 3. The lowest BCUT2D eigenvalue weighted by atomic mass is 10.1. The van der Waals surface area contributed by atoms with Crippen molar-refractivity contribution in [1.82, 2.24) is 4.98 Å². The predicted molar refractivity (Wildman–Crippen MR) is 134 cm³/mol. The second kappa shape index (κ2) is 10.2. The molecule has 1 aromatic heterocycles. The van der Waals surface area contributed by atoms with Gasteiger partial charge >= 0.3 is 0 Å². The number of carbonyl (C=O) groups is 1. The molecule has 0 bridgehead atoms. The summed E-state index contributed by atoms with van der Waals surface area (Å²) in [4.78, 5) is 16.5. The maximum atomic E-state index is 12.6. The predicted octanol–water partition coefficient (Wildman–Crippen LogP) is 5.31. The van der Waals surface area contributed by atoms with Crippen LogP contribution >= 0.6 is 0 Å². The Morgan fingerprint density at radius 3 is 2.03 bits per heavy atom. The van der Waals surface area contributed by atoms with Gasteiger partial charge in [0.1, 0.15) is 0 Å². The summed E-state index contributed by atoms with van der Waals surface area (Å²) in [5.74, 6) is -0.329. The average Bonchev–Trinajstić information content (AvgIpc) is 2.86. The van der Waals surface area contributed by atoms with Crippen LogP contribution in [0.15, 0.2) is 108 Å². The van der Waals surface area contributed by atoms with Crippen molar-refractivity contribution >= 4 is 33.0 Å². The molecular formula is C26H24N4O3S. The summed E-state index contributed by atoms with van der Waals surface area (Å²) in [5, 5.41) is 6.26. The molecule has 8 heteroatoms. The first-order chi connectivity index (χ1) is 16.4. The normalized spacial score (nSPS) is 11.9. The fraction of sp³-hybridized carbons (Fsp3) is 0.0769. The number of nitrogens with one attached hydrogen (secondary N) is 3. The average molecular weight is 473 g/mol. The van der Waals surface area contributed by atoms with E-state index in [1.165, 1.54) is 42.2 Å². The Balaban J connectivity index is 1.37. The molecule has 172 valence electrons. The van der Waals surface area contributed by atoms with Gasteiger partial charge in [-0.3, -0.25) is 14.5 Å². The molecule has 4 rings (SSSR count). The van der Waals surface area contributed by atoms with E-state index in [4.69, 9.17) is 0 Å². The topological polar surface area (TPSA) is 100 Å². The number of aromatic nitrogens is 1. The molecule has 1 atom stereocenters. The molecule has 3 N–H and O–H groups in total. The lowest BCUT2D eigenvalue weighted by Crippen LogP contribution is -2.15. The van der Waals surface area contributed by atoms with Crippen molar-refractivity contribution in [3.63, 3.8) is 0 Å². The van der Waals surface area contributed by atoms with Crippen LogP contribution in [0.1, 0.15) is 28.9 Å². The lowest BCUT2D eigenvalue weighted by Gasteiger charge is -2.16. The van der Waals surface area contributed by atoms with Crippen LogP contribution < -0.4 is 15.4 Å². The van der Waals surface area contributed by atoms with Gasteiger partial charge in [-0.05, 0) is 73.2 Å². The molecular weight excluding hydrogens is 448 g/mol. The highest BCUT2D eigenvalue weighted by Crippen LogP contribution is 2.21. The zero-order chi connectivity index (χ0) is 24.0. The van der Waals surface area contributed by atoms with Crippen LogP contribution in [-0.2, 0) is 10.0 Å². The van der Waals surface area contributed by atoms with E-state index in [2.05, 4.69) is 39.4 Å². The SMILES string of the molecule is CC(Nc1ccc(NC(=O)c2ccc(S(=O)(=O)Nc3ccncc3)cc2)cc1)c1ccccc1. The number of pyridine rings is 1. The largest absolute Gasteiger partial charge is 0.379 e. The molecule has 0 radical (unpaired) electrons. The van der Waals surface area contributed by atoms with Crippen molar-refractivity contribution in [2.75, 3.05) is 15.4 Å². The highest BCUT2D eigenvalue weighted by Gasteiger charge is 2.15. The van der Waals surface area contributed by atoms with E-state index < -0.39 is 10.0 Å². The van der Waals surface area contributed by atoms with E-state index >= 15 is 0 Å². The summed E-state index contributed by atoms with van der Waals surface area (Å²) < 4.78 is 27.5. The van der Waals surface area contributed by atoms with Crippen molar-refractivity contribution in [2.45, 2.75) is 17.9 Å². The first-order valence-corrected chi connectivity index (χ1v) is 12.1. The smallest absolute Gasteiger partial charge is 0.261 e. The van der Waals surface area contributed by atoms with Crippen LogP contribution in [0.3, 0.4) is 0 Å². The Kier molecular flexibility index (Phi) is 6.89. The van der Waals surface area contributed by atoms with Gasteiger partial charge in [0.2, 0.25) is 0 Å². The van der Waals surface area contributed by atoms with E-state index in [0.29, 0.717) is 16.9 Å². The van der Waals surface area contributed by atoms with Gasteiger partial charge in [0.15, 0.2) is 0 Å². The molecule has 0 spiro atoms. The number of hydrogen-bond acceptors (Lipinski definition) is 5. The molecule has 34 heavy (non-hydrogen) atoms. The van der Waals surface area contributed by atoms with Crippen LogP contribution in [0.25, 0.3) is 0 Å². The standard InChI is InChI=1S/C26H24N4O3S/c1-19(20-5-3-2-4-6-20)28-22-9-11-23(12-10-22)29-26(31)21-7-13-25(14-8-21)34(32,33)30-24-15-17-27-18-16-24/h2-19,28H,1H3,(H,27,30)(H,29,31). The molecule has 0 fully saturated rings. The molecule has 1 heterocycles. The second-order valence-electron chi connectivity index (χ2n) is 7.67. The van der Waals surface area contributed by atoms with Gasteiger partial charge in [-0.2, -0.15) is 0 Å². The van der Waals surface area contributed by atoms with Crippen LogP contribution in [-0.4, -0.2) is 19.3 Å². The van der Waals surface area contributed by atoms with Gasteiger partial charge in [0.05, 0.1) is 10.6 Å².